The Labute approximate surface area is 149 Å². The second-order valence-electron chi connectivity index (χ2n) is 5.84. The van der Waals surface area contributed by atoms with Crippen LogP contribution in [-0.2, 0) is 23.6 Å². The molecule has 3 saturated heterocycles. The normalized spacial score (nSPS) is 31.3. The van der Waals surface area contributed by atoms with Gasteiger partial charge in [-0.25, -0.2) is 0 Å². The van der Waals surface area contributed by atoms with Crippen LogP contribution < -0.4 is 0 Å². The van der Waals surface area contributed by atoms with Crippen molar-refractivity contribution in [3.63, 3.8) is 0 Å². The van der Waals surface area contributed by atoms with E-state index in [1.165, 1.54) is 38.5 Å². The Bertz CT molecular complexity index is 277. The molecule has 0 amide bonds. The molecule has 3 atom stereocenters. The Morgan fingerprint density at radius 1 is 0.818 bits per heavy atom. The number of carbonyl (C=O) groups is 1. The average Bonchev–Trinajstić information content (AvgIpc) is 3.14. The summed E-state index contributed by atoms with van der Waals surface area (Å²) in [5.74, 6) is -0.775. The number of aliphatic carboxylic acids is 1. The number of hydrogen-bond donors (Lipinski definition) is 1. The van der Waals surface area contributed by atoms with E-state index in [-0.39, 0.29) is 0 Å². The Hall–Kier alpha value is 0.328. The molecular weight excluding hydrogens is 485 g/mol. The van der Waals surface area contributed by atoms with Gasteiger partial charge in [0.15, 0.2) is 0 Å². The van der Waals surface area contributed by atoms with E-state index in [9.17, 15) is 4.79 Å². The van der Waals surface area contributed by atoms with Gasteiger partial charge in [-0.15, -0.1) is 19.6 Å². The third kappa shape index (κ3) is 7.74. The molecule has 3 unspecified atom stereocenters. The summed E-state index contributed by atoms with van der Waals surface area (Å²) in [5.41, 5.74) is 0. The Morgan fingerprint density at radius 2 is 1.32 bits per heavy atom. The molecule has 1 N–H and O–H groups in total. The van der Waals surface area contributed by atoms with Gasteiger partial charge >= 0.3 is 28.2 Å². The first kappa shape index (κ1) is 20.4. The monoisotopic (exact) mass is 510 g/mol. The first-order valence-electron chi connectivity index (χ1n) is 8.12. The molecule has 22 heavy (non-hydrogen) atoms. The van der Waals surface area contributed by atoms with Gasteiger partial charge in [-0.2, -0.15) is 12.1 Å². The standard InChI is InChI=1S/C10H18N2.C5H8NO2.ClH.Pt/c1-3-7-11-9(5-1)10-6-2-4-8-12-10;7-5(8)4-2-1-3-6-4;;/h9-10H,1-8H2;4H,1-3H2,(H,7,8);1H;/q-2;-1;;+1/p-1. The zero-order chi connectivity index (χ0) is 16.2. The van der Waals surface area contributed by atoms with Crippen molar-refractivity contribution >= 4 is 15.4 Å². The number of carboxylic acid groups (broad SMARTS) is 1. The summed E-state index contributed by atoms with van der Waals surface area (Å²) in [4.78, 5) is 10.1. The molecule has 0 saturated carbocycles. The van der Waals surface area contributed by atoms with E-state index < -0.39 is 12.0 Å². The molecule has 3 aliphatic rings. The molecule has 0 bridgehead atoms. The Balaban J connectivity index is 0.000000211. The molecule has 3 heterocycles. The average molecular weight is 511 g/mol. The van der Waals surface area contributed by atoms with E-state index in [4.69, 9.17) is 5.11 Å². The van der Waals surface area contributed by atoms with Gasteiger partial charge in [0.05, 0.1) is 0 Å². The van der Waals surface area contributed by atoms with Gasteiger partial charge in [0, 0.05) is 0 Å². The summed E-state index contributed by atoms with van der Waals surface area (Å²) in [6.07, 6.45) is 9.64. The number of nitrogens with zero attached hydrogens (tertiary/aromatic N) is 3. The van der Waals surface area contributed by atoms with Crippen LogP contribution in [0.4, 0.5) is 0 Å². The van der Waals surface area contributed by atoms with Crippen LogP contribution in [0.25, 0.3) is 16.0 Å². The van der Waals surface area contributed by atoms with Crippen molar-refractivity contribution in [3.8, 4) is 0 Å². The summed E-state index contributed by atoms with van der Waals surface area (Å²) < 4.78 is 0. The van der Waals surface area contributed by atoms with Crippen LogP contribution in [-0.4, -0.2) is 48.8 Å². The first-order valence-corrected chi connectivity index (χ1v) is 10.9. The fourth-order valence-electron chi connectivity index (χ4n) is 3.08. The SMILES string of the molecule is C1CCC(C2CCCC[N-]2)[N-]C1.O=C(O)C1CCC[N-]1.[Cl][Pt]. The van der Waals surface area contributed by atoms with Crippen LogP contribution in [0.3, 0.4) is 0 Å². The van der Waals surface area contributed by atoms with Gasteiger partial charge in [0.25, 0.3) is 5.97 Å². The van der Waals surface area contributed by atoms with Crippen molar-refractivity contribution < 1.29 is 28.7 Å². The topological polar surface area (TPSA) is 79.6 Å². The van der Waals surface area contributed by atoms with Gasteiger partial charge in [0.1, 0.15) is 0 Å². The third-order valence-electron chi connectivity index (χ3n) is 4.26. The van der Waals surface area contributed by atoms with Crippen LogP contribution in [0.5, 0.6) is 0 Å². The minimum absolute atomic E-state index is 0.394. The van der Waals surface area contributed by atoms with E-state index in [1.807, 2.05) is 0 Å². The molecule has 5 nitrogen and oxygen atoms in total. The Kier molecular flexibility index (Phi) is 11.8. The van der Waals surface area contributed by atoms with Crippen molar-refractivity contribution in [2.24, 2.45) is 0 Å². The molecule has 0 aromatic carbocycles. The van der Waals surface area contributed by atoms with Gasteiger partial charge in [-0.1, -0.05) is 51.4 Å². The van der Waals surface area contributed by atoms with Gasteiger partial charge in [-0.05, 0) is 6.04 Å². The zero-order valence-corrected chi connectivity index (χ0v) is 15.9. The summed E-state index contributed by atoms with van der Waals surface area (Å²) in [7, 11) is 4.61. The molecule has 7 heteroatoms. The van der Waals surface area contributed by atoms with E-state index in [1.54, 1.807) is 18.8 Å². The number of hydrogen-bond acceptors (Lipinski definition) is 1. The van der Waals surface area contributed by atoms with Crippen molar-refractivity contribution in [1.82, 2.24) is 0 Å². The molecule has 0 spiro atoms. The van der Waals surface area contributed by atoms with Crippen LogP contribution in [0.15, 0.2) is 0 Å². The van der Waals surface area contributed by atoms with Crippen molar-refractivity contribution in [3.05, 3.63) is 16.0 Å². The third-order valence-corrected chi connectivity index (χ3v) is 4.26. The summed E-state index contributed by atoms with van der Waals surface area (Å²) in [6.45, 7) is 2.92. The zero-order valence-electron chi connectivity index (χ0n) is 12.9. The van der Waals surface area contributed by atoms with Gasteiger partial charge in [0.2, 0.25) is 0 Å². The molecular formula is C15H26ClN3O2Pt-3. The predicted octanol–water partition coefficient (Wildman–Crippen LogP) is 4.13. The quantitative estimate of drug-likeness (QED) is 0.606. The second kappa shape index (κ2) is 12.7. The molecule has 0 radical (unpaired) electrons. The van der Waals surface area contributed by atoms with E-state index >= 15 is 0 Å². The van der Waals surface area contributed by atoms with E-state index in [2.05, 4.69) is 25.4 Å². The fraction of sp³-hybridized carbons (Fsp3) is 0.933. The summed E-state index contributed by atoms with van der Waals surface area (Å²) >= 11 is 1.61. The molecule has 133 valence electrons. The molecule has 0 aromatic rings. The number of rotatable bonds is 2. The molecule has 3 fully saturated rings. The van der Waals surface area contributed by atoms with Crippen molar-refractivity contribution in [2.45, 2.75) is 69.5 Å². The van der Waals surface area contributed by atoms with E-state index in [0.717, 1.165) is 32.5 Å². The number of halogens is 1. The minimum atomic E-state index is -0.775. The summed E-state index contributed by atoms with van der Waals surface area (Å²) in [6, 6.07) is 0.799. The predicted molar refractivity (Wildman–Crippen MR) is 86.5 cm³/mol. The van der Waals surface area contributed by atoms with Gasteiger partial charge < -0.3 is 21.1 Å². The Morgan fingerprint density at radius 3 is 1.59 bits per heavy atom. The fourth-order valence-corrected chi connectivity index (χ4v) is 3.08. The van der Waals surface area contributed by atoms with Gasteiger partial charge in [-0.3, -0.25) is 4.79 Å². The van der Waals surface area contributed by atoms with Crippen molar-refractivity contribution in [1.29, 1.82) is 0 Å². The van der Waals surface area contributed by atoms with Crippen LogP contribution in [0, 0.1) is 0 Å². The second-order valence-corrected chi connectivity index (χ2v) is 5.84. The van der Waals surface area contributed by atoms with Crippen LogP contribution in [0.1, 0.15) is 51.4 Å². The maximum absolute atomic E-state index is 10.1. The van der Waals surface area contributed by atoms with Crippen LogP contribution in [0.2, 0.25) is 0 Å². The number of piperidine rings is 2. The van der Waals surface area contributed by atoms with E-state index in [0.29, 0.717) is 12.1 Å². The molecule has 3 aliphatic heterocycles. The number of carboxylic acids is 1. The van der Waals surface area contributed by atoms with Crippen LogP contribution >= 0.6 is 9.42 Å². The van der Waals surface area contributed by atoms with Crippen molar-refractivity contribution in [2.75, 3.05) is 19.6 Å². The molecule has 0 aromatic heterocycles. The maximum atomic E-state index is 10.1. The summed E-state index contributed by atoms with van der Waals surface area (Å²) in [5, 5.41) is 21.5. The molecule has 3 rings (SSSR count). The first-order chi connectivity index (χ1) is 10.8. The molecule has 0 aliphatic carbocycles.